The Hall–Kier alpha value is -6.52. The molecule has 9 nitrogen and oxygen atoms in total. The number of carbonyl (C=O) groups excluding carboxylic acids is 3. The lowest BCUT2D eigenvalue weighted by atomic mass is 9.85. The van der Waals surface area contributed by atoms with Crippen molar-refractivity contribution in [1.82, 2.24) is 0 Å². The summed E-state index contributed by atoms with van der Waals surface area (Å²) in [4.78, 5) is 34.9. The van der Waals surface area contributed by atoms with Crippen LogP contribution in [0, 0.1) is 40.5 Å². The van der Waals surface area contributed by atoms with E-state index in [1.165, 1.54) is 18.1 Å². The van der Waals surface area contributed by atoms with Gasteiger partial charge in [-0.1, -0.05) is 204 Å². The minimum absolute atomic E-state index is 0.0171. The highest BCUT2D eigenvalue weighted by Gasteiger charge is 2.26. The molecule has 0 fully saturated rings. The molecule has 0 aliphatic carbocycles. The Morgan fingerprint density at radius 2 is 0.743 bits per heavy atom. The zero-order valence-electron chi connectivity index (χ0n) is 47.8. The van der Waals surface area contributed by atoms with E-state index in [-0.39, 0.29) is 50.4 Å². The second-order valence-electron chi connectivity index (χ2n) is 23.3. The first-order chi connectivity index (χ1) is 34.0. The van der Waals surface area contributed by atoms with E-state index in [4.69, 9.17) is 18.4 Å². The van der Waals surface area contributed by atoms with Crippen LogP contribution in [-0.2, 0) is 41.4 Å². The first kappa shape index (κ1) is 61.8. The highest BCUT2D eigenvalue weighted by molar-refractivity contribution is 7.87. The monoisotopic (exact) mass is 1030 g/mol. The maximum absolute atomic E-state index is 12.5. The molecule has 0 N–H and O–H groups in total. The fourth-order valence-electron chi connectivity index (χ4n) is 7.24. The molecular weight excluding hydrogens is 945 g/mol. The third-order valence-corrected chi connectivity index (χ3v) is 12.7. The molecule has 0 spiro atoms. The van der Waals surface area contributed by atoms with Gasteiger partial charge in [0.1, 0.15) is 27.9 Å². The van der Waals surface area contributed by atoms with Crippen molar-refractivity contribution in [2.24, 2.45) is 5.92 Å². The van der Waals surface area contributed by atoms with Crippen LogP contribution < -0.4 is 18.4 Å². The lowest BCUT2D eigenvalue weighted by molar-refractivity contribution is -0.138. The largest absolute Gasteiger partial charge is 0.426 e. The van der Waals surface area contributed by atoms with E-state index in [0.717, 1.165) is 38.9 Å². The van der Waals surface area contributed by atoms with Crippen molar-refractivity contribution in [1.29, 1.82) is 0 Å². The molecule has 398 valence electrons. The van der Waals surface area contributed by atoms with Crippen molar-refractivity contribution in [3.63, 3.8) is 0 Å². The Balaban J connectivity index is 0.000000263. The average Bonchev–Trinajstić information content (AvgIpc) is 3.28. The van der Waals surface area contributed by atoms with Crippen LogP contribution in [0.15, 0.2) is 132 Å². The average molecular weight is 1030 g/mol. The van der Waals surface area contributed by atoms with Crippen LogP contribution in [0.1, 0.15) is 164 Å². The van der Waals surface area contributed by atoms with Gasteiger partial charge in [-0.05, 0) is 105 Å². The number of carbonyl (C=O) groups is 3. The van der Waals surface area contributed by atoms with Gasteiger partial charge in [0, 0.05) is 29.2 Å². The van der Waals surface area contributed by atoms with Gasteiger partial charge in [-0.2, -0.15) is 8.42 Å². The Labute approximate surface area is 444 Å². The van der Waals surface area contributed by atoms with Crippen LogP contribution in [0.4, 0.5) is 0 Å². The van der Waals surface area contributed by atoms with E-state index in [0.29, 0.717) is 28.6 Å². The SMILES string of the molecule is CC(=O)Oc1ccc(C)cc1C(C)(C)C.Cc1ccc(OC(=O)C(C)C)c(C(C)(C)C)c1.Cc1ccc(OC(=O)c2ccccc2)c(C(C)(C)C)c1.Cc1ccc(S(=O)(=O)Oc2ccc(C)cc2C(C)(C)C)cc1. The number of hydrogen-bond acceptors (Lipinski definition) is 9. The molecule has 0 aromatic heterocycles. The van der Waals surface area contributed by atoms with E-state index in [2.05, 4.69) is 80.5 Å². The van der Waals surface area contributed by atoms with Gasteiger partial charge in [-0.15, -0.1) is 0 Å². The first-order valence-corrected chi connectivity index (χ1v) is 26.5. The van der Waals surface area contributed by atoms with Gasteiger partial charge in [-0.25, -0.2) is 4.79 Å². The van der Waals surface area contributed by atoms with E-state index >= 15 is 0 Å². The van der Waals surface area contributed by atoms with Crippen LogP contribution in [0.25, 0.3) is 0 Å². The molecule has 0 aliphatic heterocycles. The molecule has 0 heterocycles. The van der Waals surface area contributed by atoms with Gasteiger partial charge in [-0.3, -0.25) is 9.59 Å². The number of hydrogen-bond donors (Lipinski definition) is 0. The molecule has 6 aromatic rings. The normalized spacial score (nSPS) is 11.6. The van der Waals surface area contributed by atoms with E-state index in [9.17, 15) is 22.8 Å². The third kappa shape index (κ3) is 19.4. The second-order valence-corrected chi connectivity index (χ2v) is 24.8. The maximum Gasteiger partial charge on any atom is 0.343 e. The zero-order valence-corrected chi connectivity index (χ0v) is 48.6. The van der Waals surface area contributed by atoms with Crippen molar-refractivity contribution < 1.29 is 41.2 Å². The first-order valence-electron chi connectivity index (χ1n) is 25.1. The van der Waals surface area contributed by atoms with Gasteiger partial charge < -0.3 is 18.4 Å². The number of ether oxygens (including phenoxy) is 3. The van der Waals surface area contributed by atoms with Crippen molar-refractivity contribution in [2.75, 3.05) is 0 Å². The maximum atomic E-state index is 12.5. The lowest BCUT2D eigenvalue weighted by Gasteiger charge is -2.23. The highest BCUT2D eigenvalue weighted by atomic mass is 32.2. The predicted octanol–water partition coefficient (Wildman–Crippen LogP) is 16.0. The van der Waals surface area contributed by atoms with Crippen LogP contribution in [-0.4, -0.2) is 26.3 Å². The zero-order chi connectivity index (χ0) is 56.1. The van der Waals surface area contributed by atoms with Crippen LogP contribution >= 0.6 is 0 Å². The molecule has 0 bridgehead atoms. The molecule has 0 saturated heterocycles. The lowest BCUT2D eigenvalue weighted by Crippen LogP contribution is -2.19. The molecule has 0 atom stereocenters. The fourth-order valence-corrected chi connectivity index (χ4v) is 8.19. The van der Waals surface area contributed by atoms with E-state index in [1.807, 2.05) is 136 Å². The van der Waals surface area contributed by atoms with Crippen LogP contribution in [0.5, 0.6) is 23.0 Å². The van der Waals surface area contributed by atoms with Gasteiger partial charge in [0.15, 0.2) is 0 Å². The topological polar surface area (TPSA) is 122 Å². The quantitative estimate of drug-likeness (QED) is 0.0833. The summed E-state index contributed by atoms with van der Waals surface area (Å²) >= 11 is 0. The summed E-state index contributed by atoms with van der Waals surface area (Å²) in [5, 5.41) is 0. The Morgan fingerprint density at radius 1 is 0.419 bits per heavy atom. The Bertz CT molecular complexity index is 2960. The minimum Gasteiger partial charge on any atom is -0.426 e. The number of aryl methyl sites for hydroxylation is 5. The predicted molar refractivity (Wildman–Crippen MR) is 302 cm³/mol. The Kier molecular flexibility index (Phi) is 21.4. The van der Waals surface area contributed by atoms with E-state index < -0.39 is 10.1 Å². The summed E-state index contributed by atoms with van der Waals surface area (Å²) in [6, 6.07) is 39.0. The molecule has 0 unspecified atom stereocenters. The second kappa shape index (κ2) is 25.6. The molecule has 0 aliphatic rings. The molecule has 74 heavy (non-hydrogen) atoms. The molecule has 10 heteroatoms. The van der Waals surface area contributed by atoms with Crippen molar-refractivity contribution >= 4 is 28.0 Å². The molecule has 0 amide bonds. The Morgan fingerprint density at radius 3 is 1.09 bits per heavy atom. The summed E-state index contributed by atoms with van der Waals surface area (Å²) in [6.45, 7) is 40.2. The summed E-state index contributed by atoms with van der Waals surface area (Å²) in [6.07, 6.45) is 0. The molecule has 6 rings (SSSR count). The number of rotatable bonds is 8. The van der Waals surface area contributed by atoms with Crippen molar-refractivity contribution in [3.8, 4) is 23.0 Å². The number of esters is 3. The minimum atomic E-state index is -3.83. The summed E-state index contributed by atoms with van der Waals surface area (Å²) in [7, 11) is -3.83. The van der Waals surface area contributed by atoms with Gasteiger partial charge >= 0.3 is 28.0 Å². The summed E-state index contributed by atoms with van der Waals surface area (Å²) < 4.78 is 46.5. The highest BCUT2D eigenvalue weighted by Crippen LogP contribution is 2.36. The smallest absolute Gasteiger partial charge is 0.343 e. The van der Waals surface area contributed by atoms with Gasteiger partial charge in [0.05, 0.1) is 11.5 Å². The summed E-state index contributed by atoms with van der Waals surface area (Å²) in [5.74, 6) is 1.49. The fraction of sp³-hybridized carbons (Fsp3) is 0.391. The van der Waals surface area contributed by atoms with Crippen LogP contribution in [0.2, 0.25) is 0 Å². The van der Waals surface area contributed by atoms with Crippen molar-refractivity contribution in [3.05, 3.63) is 183 Å². The molecule has 6 aromatic carbocycles. The molecule has 0 radical (unpaired) electrons. The van der Waals surface area contributed by atoms with Gasteiger partial charge in [0.2, 0.25) is 0 Å². The molecular formula is C64H82O9S. The van der Waals surface area contributed by atoms with Crippen LogP contribution in [0.3, 0.4) is 0 Å². The standard InChI is InChI=1S/C18H22O3S.C18H20O2.C15H22O2.C13H18O2/c1-13-6-9-15(10-7-13)22(19,20)21-17-11-8-14(2)12-16(17)18(3,4)5;1-13-10-11-16(15(12-13)18(2,3)4)20-17(19)14-8-6-5-7-9-14;1-10(2)14(16)17-13-8-7-11(3)9-12(13)15(4,5)6;1-9-6-7-12(15-10(2)14)11(8-9)13(3,4)5/h6-12H,1-5H3;5-12H,1-4H3;7-10H,1-6H3;6-8H,1-5H3. The van der Waals surface area contributed by atoms with Gasteiger partial charge in [0.25, 0.3) is 0 Å². The van der Waals surface area contributed by atoms with Crippen molar-refractivity contribution in [2.45, 2.75) is 165 Å². The third-order valence-electron chi connectivity index (χ3n) is 11.4. The molecule has 0 saturated carbocycles. The summed E-state index contributed by atoms with van der Waals surface area (Å²) in [5.41, 5.74) is 9.90. The van der Waals surface area contributed by atoms with E-state index in [1.54, 1.807) is 42.5 Å². The number of benzene rings is 6.